The van der Waals surface area contributed by atoms with E-state index in [0.29, 0.717) is 13.0 Å². The Morgan fingerprint density at radius 1 is 1.35 bits per heavy atom. The summed E-state index contributed by atoms with van der Waals surface area (Å²) in [5.41, 5.74) is 2.01. The van der Waals surface area contributed by atoms with E-state index in [9.17, 15) is 9.59 Å². The zero-order valence-electron chi connectivity index (χ0n) is 13.6. The zero-order chi connectivity index (χ0) is 16.2. The van der Waals surface area contributed by atoms with Crippen LogP contribution in [-0.4, -0.2) is 37.1 Å². The number of nitrogens with one attached hydrogen (secondary N) is 1. The number of carbonyl (C=O) groups is 2. The third-order valence-corrected chi connectivity index (χ3v) is 4.65. The number of ether oxygens (including phenoxy) is 1. The van der Waals surface area contributed by atoms with Gasteiger partial charge in [0.05, 0.1) is 6.10 Å². The molecule has 1 N–H and O–H groups in total. The number of amides is 2. The van der Waals surface area contributed by atoms with Crippen molar-refractivity contribution in [2.24, 2.45) is 0 Å². The maximum atomic E-state index is 12.5. The molecule has 23 heavy (non-hydrogen) atoms. The van der Waals surface area contributed by atoms with Crippen LogP contribution in [0, 0.1) is 0 Å². The number of aryl methyl sites for hydroxylation is 1. The summed E-state index contributed by atoms with van der Waals surface area (Å²) in [5.74, 6) is -0.0970. The van der Waals surface area contributed by atoms with Gasteiger partial charge in [0, 0.05) is 25.3 Å². The summed E-state index contributed by atoms with van der Waals surface area (Å²) in [6.07, 6.45) is 4.34. The first-order valence-electron chi connectivity index (χ1n) is 8.46. The number of fused-ring (bicyclic) bond motifs is 1. The van der Waals surface area contributed by atoms with Gasteiger partial charge in [0.1, 0.15) is 6.04 Å². The van der Waals surface area contributed by atoms with E-state index in [-0.39, 0.29) is 17.9 Å². The van der Waals surface area contributed by atoms with Crippen LogP contribution in [0.2, 0.25) is 0 Å². The molecule has 0 unspecified atom stereocenters. The number of rotatable bonds is 4. The normalized spacial score (nSPS) is 22.4. The predicted molar refractivity (Wildman–Crippen MR) is 88.3 cm³/mol. The minimum Gasteiger partial charge on any atom is -0.376 e. The van der Waals surface area contributed by atoms with Crippen molar-refractivity contribution in [3.63, 3.8) is 0 Å². The van der Waals surface area contributed by atoms with Crippen LogP contribution in [0.1, 0.15) is 38.2 Å². The molecule has 3 rings (SSSR count). The van der Waals surface area contributed by atoms with Crippen molar-refractivity contribution in [2.75, 3.05) is 18.1 Å². The Kier molecular flexibility index (Phi) is 4.96. The highest BCUT2D eigenvalue weighted by atomic mass is 16.5. The molecule has 2 amide bonds. The second-order valence-electron chi connectivity index (χ2n) is 6.30. The van der Waals surface area contributed by atoms with Gasteiger partial charge in [-0.1, -0.05) is 18.2 Å². The number of nitrogens with zero attached hydrogens (tertiary/aromatic N) is 1. The third kappa shape index (κ3) is 3.55. The van der Waals surface area contributed by atoms with E-state index >= 15 is 0 Å². The maximum Gasteiger partial charge on any atom is 0.242 e. The molecule has 2 atom stereocenters. The van der Waals surface area contributed by atoms with Crippen molar-refractivity contribution in [2.45, 2.75) is 51.2 Å². The fourth-order valence-corrected chi connectivity index (χ4v) is 3.35. The van der Waals surface area contributed by atoms with Crippen molar-refractivity contribution in [3.05, 3.63) is 29.8 Å². The van der Waals surface area contributed by atoms with E-state index in [1.54, 1.807) is 11.8 Å². The van der Waals surface area contributed by atoms with Gasteiger partial charge >= 0.3 is 0 Å². The Morgan fingerprint density at radius 2 is 2.17 bits per heavy atom. The summed E-state index contributed by atoms with van der Waals surface area (Å²) in [5, 5.41) is 2.94. The monoisotopic (exact) mass is 316 g/mol. The summed E-state index contributed by atoms with van der Waals surface area (Å²) in [6, 6.07) is 7.36. The van der Waals surface area contributed by atoms with E-state index < -0.39 is 6.04 Å². The highest BCUT2D eigenvalue weighted by Crippen LogP contribution is 2.28. The minimum absolute atomic E-state index is 0.0229. The van der Waals surface area contributed by atoms with Crippen molar-refractivity contribution in [3.8, 4) is 0 Å². The number of anilines is 1. The quantitative estimate of drug-likeness (QED) is 0.925. The number of para-hydroxylation sites is 1. The molecule has 0 bridgehead atoms. The number of benzene rings is 1. The fraction of sp³-hybridized carbons (Fsp3) is 0.556. The summed E-state index contributed by atoms with van der Waals surface area (Å²) in [7, 11) is 0. The first kappa shape index (κ1) is 16.0. The predicted octanol–water partition coefficient (Wildman–Crippen LogP) is 2.04. The summed E-state index contributed by atoms with van der Waals surface area (Å²) < 4.78 is 5.53. The van der Waals surface area contributed by atoms with Gasteiger partial charge in [-0.2, -0.15) is 0 Å². The Hall–Kier alpha value is -1.88. The average molecular weight is 316 g/mol. The highest BCUT2D eigenvalue weighted by Gasteiger charge is 2.30. The summed E-state index contributed by atoms with van der Waals surface area (Å²) in [4.78, 5) is 26.7. The fourth-order valence-electron chi connectivity index (χ4n) is 3.35. The molecule has 2 aliphatic rings. The van der Waals surface area contributed by atoms with Gasteiger partial charge in [-0.3, -0.25) is 14.5 Å². The molecule has 124 valence electrons. The highest BCUT2D eigenvalue weighted by molar-refractivity contribution is 6.01. The molecule has 1 saturated heterocycles. The molecule has 1 aromatic rings. The lowest BCUT2D eigenvalue weighted by Crippen LogP contribution is -2.49. The van der Waals surface area contributed by atoms with Crippen LogP contribution in [0.5, 0.6) is 0 Å². The Morgan fingerprint density at radius 3 is 2.96 bits per heavy atom. The summed E-state index contributed by atoms with van der Waals surface area (Å²) in [6.45, 7) is 3.09. The topological polar surface area (TPSA) is 58.6 Å². The SMILES string of the molecule is C[C@@H](C(=O)NC[C@H]1CCCO1)N1C(=O)CCCc2ccccc21. The van der Waals surface area contributed by atoms with Crippen LogP contribution in [-0.2, 0) is 20.7 Å². The number of carbonyl (C=O) groups excluding carboxylic acids is 2. The molecule has 1 aromatic carbocycles. The Labute approximate surface area is 137 Å². The van der Waals surface area contributed by atoms with E-state index in [1.807, 2.05) is 24.3 Å². The first-order valence-corrected chi connectivity index (χ1v) is 8.46. The van der Waals surface area contributed by atoms with Gasteiger partial charge < -0.3 is 10.1 Å². The third-order valence-electron chi connectivity index (χ3n) is 4.65. The van der Waals surface area contributed by atoms with Gasteiger partial charge in [0.2, 0.25) is 11.8 Å². The smallest absolute Gasteiger partial charge is 0.242 e. The largest absolute Gasteiger partial charge is 0.376 e. The van der Waals surface area contributed by atoms with Crippen LogP contribution in [0.3, 0.4) is 0 Å². The molecule has 5 nitrogen and oxygen atoms in total. The van der Waals surface area contributed by atoms with Gasteiger partial charge in [-0.05, 0) is 44.2 Å². The minimum atomic E-state index is -0.511. The molecule has 5 heteroatoms. The second kappa shape index (κ2) is 7.13. The van der Waals surface area contributed by atoms with Crippen LogP contribution >= 0.6 is 0 Å². The van der Waals surface area contributed by atoms with Crippen molar-refractivity contribution in [1.29, 1.82) is 0 Å². The van der Waals surface area contributed by atoms with Crippen LogP contribution < -0.4 is 10.2 Å². The molecule has 0 radical (unpaired) electrons. The molecule has 0 saturated carbocycles. The van der Waals surface area contributed by atoms with Crippen LogP contribution in [0.25, 0.3) is 0 Å². The molecular weight excluding hydrogens is 292 g/mol. The van der Waals surface area contributed by atoms with E-state index in [1.165, 1.54) is 0 Å². The first-order chi connectivity index (χ1) is 11.2. The maximum absolute atomic E-state index is 12.5. The van der Waals surface area contributed by atoms with E-state index in [4.69, 9.17) is 4.74 Å². The number of hydrogen-bond donors (Lipinski definition) is 1. The molecule has 0 aliphatic carbocycles. The molecule has 2 aliphatic heterocycles. The molecule has 0 aromatic heterocycles. The number of hydrogen-bond acceptors (Lipinski definition) is 3. The second-order valence-corrected chi connectivity index (χ2v) is 6.30. The van der Waals surface area contributed by atoms with Crippen LogP contribution in [0.4, 0.5) is 5.69 Å². The lowest BCUT2D eigenvalue weighted by molar-refractivity contribution is -0.126. The average Bonchev–Trinajstić information content (AvgIpc) is 3.01. The van der Waals surface area contributed by atoms with Crippen molar-refractivity contribution >= 4 is 17.5 Å². The van der Waals surface area contributed by atoms with Gasteiger partial charge in [-0.25, -0.2) is 0 Å². The molecular formula is C18H24N2O3. The van der Waals surface area contributed by atoms with Gasteiger partial charge in [-0.15, -0.1) is 0 Å². The Bertz CT molecular complexity index is 581. The standard InChI is InChI=1S/C18H24N2O3/c1-13(18(22)19-12-15-8-5-11-23-15)20-16-9-3-2-6-14(16)7-4-10-17(20)21/h2-3,6,9,13,15H,4-5,7-8,10-12H2,1H3,(H,19,22)/t13-,15+/m0/s1. The summed E-state index contributed by atoms with van der Waals surface area (Å²) >= 11 is 0. The Balaban J connectivity index is 1.72. The van der Waals surface area contributed by atoms with E-state index in [0.717, 1.165) is 43.5 Å². The van der Waals surface area contributed by atoms with E-state index in [2.05, 4.69) is 5.32 Å². The molecule has 1 fully saturated rings. The molecule has 2 heterocycles. The van der Waals surface area contributed by atoms with Crippen molar-refractivity contribution in [1.82, 2.24) is 5.32 Å². The van der Waals surface area contributed by atoms with Gasteiger partial charge in [0.25, 0.3) is 0 Å². The van der Waals surface area contributed by atoms with Crippen LogP contribution in [0.15, 0.2) is 24.3 Å². The lowest BCUT2D eigenvalue weighted by atomic mass is 10.1. The van der Waals surface area contributed by atoms with Crippen molar-refractivity contribution < 1.29 is 14.3 Å². The lowest BCUT2D eigenvalue weighted by Gasteiger charge is -2.29. The molecule has 0 spiro atoms. The van der Waals surface area contributed by atoms with Gasteiger partial charge in [0.15, 0.2) is 0 Å². The zero-order valence-corrected chi connectivity index (χ0v) is 13.6.